The molecule has 3 rings (SSSR count). The van der Waals surface area contributed by atoms with Crippen molar-refractivity contribution in [2.75, 3.05) is 24.2 Å². The summed E-state index contributed by atoms with van der Waals surface area (Å²) in [7, 11) is -2.36. The first-order valence-electron chi connectivity index (χ1n) is 10.9. The lowest BCUT2D eigenvalue weighted by Gasteiger charge is -2.32. The summed E-state index contributed by atoms with van der Waals surface area (Å²) in [5, 5.41) is 4.08. The Morgan fingerprint density at radius 2 is 1.65 bits per heavy atom. The molecule has 0 saturated heterocycles. The average molecular weight is 486 g/mol. The van der Waals surface area contributed by atoms with Gasteiger partial charge in [-0.2, -0.15) is 0 Å². The second kappa shape index (κ2) is 10.6. The van der Waals surface area contributed by atoms with Gasteiger partial charge in [0.2, 0.25) is 21.8 Å². The minimum absolute atomic E-state index is 0.0260. The highest BCUT2D eigenvalue weighted by molar-refractivity contribution is 7.92. The van der Waals surface area contributed by atoms with E-state index < -0.39 is 34.3 Å². The van der Waals surface area contributed by atoms with Crippen LogP contribution in [0.3, 0.4) is 0 Å². The fraction of sp³-hybridized carbons (Fsp3) is 0.280. The van der Waals surface area contributed by atoms with Crippen molar-refractivity contribution in [3.63, 3.8) is 0 Å². The molecule has 0 saturated carbocycles. The predicted molar refractivity (Wildman–Crippen MR) is 131 cm³/mol. The summed E-state index contributed by atoms with van der Waals surface area (Å²) in [5.74, 6) is -1.33. The molecule has 0 aliphatic carbocycles. The van der Waals surface area contributed by atoms with E-state index in [9.17, 15) is 22.4 Å². The number of carbonyl (C=O) groups excluding carboxylic acids is 2. The number of sulfonamides is 1. The van der Waals surface area contributed by atoms with Crippen LogP contribution in [0.2, 0.25) is 0 Å². The van der Waals surface area contributed by atoms with Crippen molar-refractivity contribution in [3.05, 3.63) is 78.1 Å². The molecule has 0 radical (unpaired) electrons. The molecule has 0 aliphatic heterocycles. The fourth-order valence-corrected chi connectivity index (χ4v) is 4.75. The number of fused-ring (bicyclic) bond motifs is 1. The molecule has 0 spiro atoms. The van der Waals surface area contributed by atoms with E-state index in [2.05, 4.69) is 5.32 Å². The molecule has 7 nitrogen and oxygen atoms in total. The predicted octanol–water partition coefficient (Wildman–Crippen LogP) is 3.30. The molecular formula is C25H28FN3O4S. The summed E-state index contributed by atoms with van der Waals surface area (Å²) >= 11 is 0. The Morgan fingerprint density at radius 1 is 1.00 bits per heavy atom. The Morgan fingerprint density at radius 3 is 2.26 bits per heavy atom. The van der Waals surface area contributed by atoms with Crippen LogP contribution in [0.5, 0.6) is 0 Å². The molecule has 34 heavy (non-hydrogen) atoms. The van der Waals surface area contributed by atoms with Crippen LogP contribution < -0.4 is 9.62 Å². The van der Waals surface area contributed by atoms with E-state index in [-0.39, 0.29) is 12.5 Å². The molecule has 0 fully saturated rings. The Labute approximate surface area is 199 Å². The molecule has 0 aliphatic rings. The van der Waals surface area contributed by atoms with Gasteiger partial charge in [0.15, 0.2) is 0 Å². The van der Waals surface area contributed by atoms with Gasteiger partial charge in [-0.05, 0) is 35.6 Å². The number of hydrogen-bond donors (Lipinski definition) is 1. The highest BCUT2D eigenvalue weighted by Gasteiger charge is 2.31. The van der Waals surface area contributed by atoms with Crippen molar-refractivity contribution in [1.29, 1.82) is 0 Å². The lowest BCUT2D eigenvalue weighted by atomic mass is 10.1. The van der Waals surface area contributed by atoms with E-state index in [0.29, 0.717) is 23.1 Å². The van der Waals surface area contributed by atoms with Gasteiger partial charge in [0.1, 0.15) is 18.4 Å². The number of carbonyl (C=O) groups is 2. The molecule has 2 amide bonds. The van der Waals surface area contributed by atoms with Crippen molar-refractivity contribution in [2.24, 2.45) is 0 Å². The molecule has 0 unspecified atom stereocenters. The third-order valence-corrected chi connectivity index (χ3v) is 6.74. The van der Waals surface area contributed by atoms with Gasteiger partial charge in [0.05, 0.1) is 11.9 Å². The number of benzene rings is 3. The maximum Gasteiger partial charge on any atom is 0.244 e. The van der Waals surface area contributed by atoms with E-state index in [1.807, 2.05) is 18.2 Å². The molecule has 0 bridgehead atoms. The fourth-order valence-electron chi connectivity index (χ4n) is 3.89. The van der Waals surface area contributed by atoms with Gasteiger partial charge < -0.3 is 10.2 Å². The van der Waals surface area contributed by atoms with E-state index in [0.717, 1.165) is 15.9 Å². The number of anilines is 1. The monoisotopic (exact) mass is 485 g/mol. The maximum atomic E-state index is 13.6. The van der Waals surface area contributed by atoms with Gasteiger partial charge in [0.25, 0.3) is 0 Å². The van der Waals surface area contributed by atoms with Gasteiger partial charge in [-0.15, -0.1) is 0 Å². The Bertz CT molecular complexity index is 1270. The number of halogens is 1. The number of likely N-dealkylation sites (N-methyl/N-ethyl adjacent to an activating group) is 1. The molecule has 0 aromatic heterocycles. The van der Waals surface area contributed by atoms with Gasteiger partial charge in [-0.3, -0.25) is 13.9 Å². The van der Waals surface area contributed by atoms with Crippen molar-refractivity contribution in [3.8, 4) is 0 Å². The van der Waals surface area contributed by atoms with Gasteiger partial charge in [-0.25, -0.2) is 12.8 Å². The van der Waals surface area contributed by atoms with Crippen LogP contribution in [0, 0.1) is 5.82 Å². The van der Waals surface area contributed by atoms with Crippen LogP contribution >= 0.6 is 0 Å². The zero-order valence-electron chi connectivity index (χ0n) is 19.4. The Balaban J connectivity index is 2.02. The summed E-state index contributed by atoms with van der Waals surface area (Å²) < 4.78 is 40.0. The number of rotatable bonds is 9. The summed E-state index contributed by atoms with van der Waals surface area (Å²) in [6.45, 7) is 1.31. The third-order valence-electron chi connectivity index (χ3n) is 5.61. The molecule has 180 valence electrons. The molecule has 9 heteroatoms. The van der Waals surface area contributed by atoms with Gasteiger partial charge in [0, 0.05) is 19.0 Å². The van der Waals surface area contributed by atoms with Crippen LogP contribution in [-0.4, -0.2) is 51.0 Å². The lowest BCUT2D eigenvalue weighted by Crippen LogP contribution is -2.51. The van der Waals surface area contributed by atoms with Gasteiger partial charge >= 0.3 is 0 Å². The van der Waals surface area contributed by atoms with Crippen molar-refractivity contribution in [1.82, 2.24) is 10.2 Å². The molecule has 3 aromatic rings. The summed E-state index contributed by atoms with van der Waals surface area (Å²) in [6, 6.07) is 17.3. The van der Waals surface area contributed by atoms with E-state index in [1.54, 1.807) is 31.2 Å². The molecule has 0 heterocycles. The normalized spacial score (nSPS) is 12.2. The van der Waals surface area contributed by atoms with Crippen molar-refractivity contribution < 1.29 is 22.4 Å². The first-order valence-corrected chi connectivity index (χ1v) is 12.7. The molecule has 1 N–H and O–H groups in total. The van der Waals surface area contributed by atoms with E-state index in [1.165, 1.54) is 36.2 Å². The Kier molecular flexibility index (Phi) is 7.88. The summed E-state index contributed by atoms with van der Waals surface area (Å²) in [5.41, 5.74) is 0.997. The zero-order valence-corrected chi connectivity index (χ0v) is 20.2. The summed E-state index contributed by atoms with van der Waals surface area (Å²) in [4.78, 5) is 27.5. The lowest BCUT2D eigenvalue weighted by molar-refractivity contribution is -0.140. The minimum atomic E-state index is -3.84. The first-order chi connectivity index (χ1) is 16.2. The topological polar surface area (TPSA) is 86.8 Å². The molecule has 3 aromatic carbocycles. The van der Waals surface area contributed by atoms with Crippen LogP contribution in [0.4, 0.5) is 10.1 Å². The molecular weight excluding hydrogens is 457 g/mol. The highest BCUT2D eigenvalue weighted by Crippen LogP contribution is 2.28. The average Bonchev–Trinajstić information content (AvgIpc) is 2.82. The second-order valence-corrected chi connectivity index (χ2v) is 9.86. The van der Waals surface area contributed by atoms with Crippen LogP contribution in [-0.2, 0) is 26.2 Å². The standard InChI is InChI=1S/C25H28FN3O4S/c1-4-22(25(31)27-2)28(16-18-12-14-20(26)15-13-18)24(30)17-29(34(3,32)33)23-11-7-9-19-8-5-6-10-21(19)23/h5-15,22H,4,16-17H2,1-3H3,(H,27,31)/t22-/m0/s1. The Hall–Kier alpha value is -3.46. The highest BCUT2D eigenvalue weighted by atomic mass is 32.2. The number of nitrogens with one attached hydrogen (secondary N) is 1. The van der Waals surface area contributed by atoms with Crippen LogP contribution in [0.25, 0.3) is 10.8 Å². The third kappa shape index (κ3) is 5.72. The molecule has 1 atom stereocenters. The smallest absolute Gasteiger partial charge is 0.244 e. The zero-order chi connectivity index (χ0) is 24.9. The van der Waals surface area contributed by atoms with Crippen LogP contribution in [0.15, 0.2) is 66.7 Å². The summed E-state index contributed by atoms with van der Waals surface area (Å²) in [6.07, 6.45) is 1.36. The SMILES string of the molecule is CC[C@@H](C(=O)NC)N(Cc1ccc(F)cc1)C(=O)CN(c1cccc2ccccc12)S(C)(=O)=O. The second-order valence-electron chi connectivity index (χ2n) is 7.95. The van der Waals surface area contributed by atoms with Crippen molar-refractivity contribution >= 4 is 38.3 Å². The first kappa shape index (κ1) is 25.2. The quantitative estimate of drug-likeness (QED) is 0.504. The number of amides is 2. The number of hydrogen-bond acceptors (Lipinski definition) is 4. The minimum Gasteiger partial charge on any atom is -0.357 e. The largest absolute Gasteiger partial charge is 0.357 e. The van der Waals surface area contributed by atoms with E-state index >= 15 is 0 Å². The van der Waals surface area contributed by atoms with Crippen molar-refractivity contribution in [2.45, 2.75) is 25.9 Å². The van der Waals surface area contributed by atoms with Crippen LogP contribution in [0.1, 0.15) is 18.9 Å². The number of nitrogens with zero attached hydrogens (tertiary/aromatic N) is 2. The van der Waals surface area contributed by atoms with Gasteiger partial charge in [-0.1, -0.05) is 55.5 Å². The van der Waals surface area contributed by atoms with E-state index in [4.69, 9.17) is 0 Å². The maximum absolute atomic E-state index is 13.6.